The van der Waals surface area contributed by atoms with Crippen molar-refractivity contribution in [1.29, 1.82) is 0 Å². The van der Waals surface area contributed by atoms with Crippen molar-refractivity contribution in [2.45, 2.75) is 13.8 Å². The van der Waals surface area contributed by atoms with E-state index in [0.717, 1.165) is 16.8 Å². The van der Waals surface area contributed by atoms with E-state index in [2.05, 4.69) is 16.7 Å². The molecule has 0 aliphatic rings. The smallest absolute Gasteiger partial charge is 0.0658 e. The quantitative estimate of drug-likeness (QED) is 0.526. The van der Waals surface area contributed by atoms with Crippen molar-refractivity contribution < 1.29 is 0 Å². The first kappa shape index (κ1) is 10.4. The molecule has 1 heterocycles. The lowest BCUT2D eigenvalue weighted by Crippen LogP contribution is -1.84. The van der Waals surface area contributed by atoms with Crippen LogP contribution >= 0.6 is 0 Å². The van der Waals surface area contributed by atoms with Crippen LogP contribution in [0.4, 0.5) is 0 Å². The highest BCUT2D eigenvalue weighted by atomic mass is 14.7. The van der Waals surface area contributed by atoms with Gasteiger partial charge >= 0.3 is 0 Å². The summed E-state index contributed by atoms with van der Waals surface area (Å²) >= 11 is 0. The summed E-state index contributed by atoms with van der Waals surface area (Å²) < 4.78 is 0. The van der Waals surface area contributed by atoms with Gasteiger partial charge in [0, 0.05) is 12.4 Å². The molecule has 0 radical (unpaired) electrons. The summed E-state index contributed by atoms with van der Waals surface area (Å²) in [6.07, 6.45) is 5.56. The van der Waals surface area contributed by atoms with Crippen molar-refractivity contribution in [3.05, 3.63) is 47.9 Å². The maximum atomic E-state index is 4.25. The van der Waals surface area contributed by atoms with Gasteiger partial charge in [0.25, 0.3) is 0 Å². The Kier molecular flexibility index (Phi) is 3.80. The van der Waals surface area contributed by atoms with Crippen LogP contribution in [0.3, 0.4) is 0 Å². The third-order valence-corrected chi connectivity index (χ3v) is 1.81. The van der Waals surface area contributed by atoms with Crippen LogP contribution in [0.2, 0.25) is 0 Å². The molecule has 0 aliphatic heterocycles. The first-order valence-electron chi connectivity index (χ1n) is 4.46. The van der Waals surface area contributed by atoms with Crippen LogP contribution < -0.4 is 0 Å². The summed E-state index contributed by atoms with van der Waals surface area (Å²) in [5.41, 5.74) is 3.19. The van der Waals surface area contributed by atoms with Crippen molar-refractivity contribution in [3.8, 4) is 0 Å². The van der Waals surface area contributed by atoms with Gasteiger partial charge in [0.05, 0.1) is 5.69 Å². The molecule has 0 saturated carbocycles. The number of hydrogen-bond donors (Lipinski definition) is 0. The molecule has 0 spiro atoms. The Hall–Kier alpha value is -1.70. The fourth-order valence-electron chi connectivity index (χ4n) is 1.19. The Morgan fingerprint density at radius 3 is 2.79 bits per heavy atom. The first-order valence-corrected chi connectivity index (χ1v) is 4.46. The van der Waals surface area contributed by atoms with Crippen LogP contribution in [0, 0.1) is 0 Å². The van der Waals surface area contributed by atoms with Gasteiger partial charge in [-0.05, 0) is 43.8 Å². The fourth-order valence-corrected chi connectivity index (χ4v) is 1.19. The molecule has 2 heteroatoms. The molecule has 72 valence electrons. The van der Waals surface area contributed by atoms with Crippen molar-refractivity contribution in [2.24, 2.45) is 4.99 Å². The number of rotatable bonds is 3. The van der Waals surface area contributed by atoms with E-state index in [9.17, 15) is 0 Å². The monoisotopic (exact) mass is 186 g/mol. The third kappa shape index (κ3) is 2.98. The van der Waals surface area contributed by atoms with E-state index in [4.69, 9.17) is 0 Å². The maximum Gasteiger partial charge on any atom is 0.0658 e. The Bertz CT molecular complexity index is 361. The minimum Gasteiger partial charge on any atom is -0.272 e. The van der Waals surface area contributed by atoms with E-state index >= 15 is 0 Å². The highest BCUT2D eigenvalue weighted by Crippen LogP contribution is 2.12. The SMILES string of the molecule is C=N/C=C(C)\C=C(/C)c1ccccn1. The van der Waals surface area contributed by atoms with Crippen LogP contribution in [0.5, 0.6) is 0 Å². The standard InChI is InChI=1S/C12H14N2/c1-10(9-13-3)8-11(2)12-6-4-5-7-14-12/h4-9H,3H2,1-2H3/b10-9-,11-8+. The van der Waals surface area contributed by atoms with Gasteiger partial charge in [-0.25, -0.2) is 0 Å². The van der Waals surface area contributed by atoms with E-state index in [-0.39, 0.29) is 0 Å². The average Bonchev–Trinajstić information content (AvgIpc) is 2.19. The first-order chi connectivity index (χ1) is 6.74. The molecule has 0 aromatic carbocycles. The molecule has 0 aliphatic carbocycles. The molecule has 0 N–H and O–H groups in total. The zero-order valence-electron chi connectivity index (χ0n) is 8.57. The highest BCUT2D eigenvalue weighted by molar-refractivity contribution is 5.63. The summed E-state index contributed by atoms with van der Waals surface area (Å²) in [7, 11) is 0. The average molecular weight is 186 g/mol. The number of aliphatic imine (C=N–C) groups is 1. The second-order valence-corrected chi connectivity index (χ2v) is 3.10. The van der Waals surface area contributed by atoms with Gasteiger partial charge in [-0.3, -0.25) is 9.98 Å². The predicted octanol–water partition coefficient (Wildman–Crippen LogP) is 3.09. The Labute approximate surface area is 84.7 Å². The van der Waals surface area contributed by atoms with Crippen LogP contribution in [0.1, 0.15) is 19.5 Å². The lowest BCUT2D eigenvalue weighted by atomic mass is 10.1. The van der Waals surface area contributed by atoms with Crippen LogP contribution in [-0.2, 0) is 0 Å². The van der Waals surface area contributed by atoms with Gasteiger partial charge in [0.15, 0.2) is 0 Å². The second kappa shape index (κ2) is 5.12. The van der Waals surface area contributed by atoms with Crippen LogP contribution in [-0.4, -0.2) is 11.7 Å². The molecule has 1 aromatic heterocycles. The largest absolute Gasteiger partial charge is 0.272 e. The number of nitrogens with zero attached hydrogens (tertiary/aromatic N) is 2. The van der Waals surface area contributed by atoms with Gasteiger partial charge < -0.3 is 0 Å². The molecular formula is C12H14N2. The van der Waals surface area contributed by atoms with Crippen molar-refractivity contribution in [2.75, 3.05) is 0 Å². The van der Waals surface area contributed by atoms with Crippen molar-refractivity contribution in [3.63, 3.8) is 0 Å². The zero-order chi connectivity index (χ0) is 10.4. The van der Waals surface area contributed by atoms with Crippen LogP contribution in [0.25, 0.3) is 5.57 Å². The van der Waals surface area contributed by atoms with Gasteiger partial charge in [-0.2, -0.15) is 0 Å². The molecular weight excluding hydrogens is 172 g/mol. The summed E-state index contributed by atoms with van der Waals surface area (Å²) in [4.78, 5) is 7.96. The van der Waals surface area contributed by atoms with E-state index in [1.165, 1.54) is 0 Å². The Balaban J connectivity index is 2.90. The number of allylic oxidation sites excluding steroid dienone is 3. The van der Waals surface area contributed by atoms with E-state index < -0.39 is 0 Å². The van der Waals surface area contributed by atoms with Crippen LogP contribution in [0.15, 0.2) is 47.2 Å². The summed E-state index contributed by atoms with van der Waals surface area (Å²) in [6, 6.07) is 5.87. The molecule has 1 aromatic rings. The molecule has 0 unspecified atom stereocenters. The second-order valence-electron chi connectivity index (χ2n) is 3.10. The molecule has 0 saturated heterocycles. The zero-order valence-corrected chi connectivity index (χ0v) is 8.57. The minimum atomic E-state index is 0.990. The van der Waals surface area contributed by atoms with E-state index in [0.29, 0.717) is 0 Å². The van der Waals surface area contributed by atoms with Crippen molar-refractivity contribution in [1.82, 2.24) is 4.98 Å². The minimum absolute atomic E-state index is 0.990. The topological polar surface area (TPSA) is 25.2 Å². The number of aromatic nitrogens is 1. The molecule has 0 amide bonds. The van der Waals surface area contributed by atoms with Gasteiger partial charge in [0.2, 0.25) is 0 Å². The van der Waals surface area contributed by atoms with E-state index in [1.807, 2.05) is 38.1 Å². The molecule has 14 heavy (non-hydrogen) atoms. The number of hydrogen-bond acceptors (Lipinski definition) is 2. The molecule has 0 fully saturated rings. The highest BCUT2D eigenvalue weighted by Gasteiger charge is 1.94. The number of pyridine rings is 1. The van der Waals surface area contributed by atoms with Gasteiger partial charge in [-0.15, -0.1) is 0 Å². The summed E-state index contributed by atoms with van der Waals surface area (Å²) in [5, 5.41) is 0. The van der Waals surface area contributed by atoms with Gasteiger partial charge in [0.1, 0.15) is 0 Å². The summed E-state index contributed by atoms with van der Waals surface area (Å²) in [5.74, 6) is 0. The Morgan fingerprint density at radius 2 is 2.21 bits per heavy atom. The molecule has 1 rings (SSSR count). The van der Waals surface area contributed by atoms with E-state index in [1.54, 1.807) is 12.4 Å². The predicted molar refractivity (Wildman–Crippen MR) is 61.2 cm³/mol. The maximum absolute atomic E-state index is 4.25. The lowest BCUT2D eigenvalue weighted by Gasteiger charge is -1.99. The normalized spacial score (nSPS) is 12.7. The molecule has 0 bridgehead atoms. The third-order valence-electron chi connectivity index (χ3n) is 1.81. The fraction of sp³-hybridized carbons (Fsp3) is 0.167. The molecule has 0 atom stereocenters. The Morgan fingerprint density at radius 1 is 1.43 bits per heavy atom. The lowest BCUT2D eigenvalue weighted by molar-refractivity contribution is 1.26. The summed E-state index contributed by atoms with van der Waals surface area (Å²) in [6.45, 7) is 7.43. The van der Waals surface area contributed by atoms with Crippen molar-refractivity contribution >= 4 is 12.3 Å². The van der Waals surface area contributed by atoms with Gasteiger partial charge in [-0.1, -0.05) is 12.1 Å². The molecule has 2 nitrogen and oxygen atoms in total.